The van der Waals surface area contributed by atoms with Gasteiger partial charge in [-0.2, -0.15) is 0 Å². The van der Waals surface area contributed by atoms with Crippen LogP contribution in [0, 0.1) is 24.7 Å². The Kier molecular flexibility index (Phi) is 16.3. The summed E-state index contributed by atoms with van der Waals surface area (Å²) >= 11 is 0. The minimum Gasteiger partial charge on any atom is -0.369 e. The molecule has 0 radical (unpaired) electrons. The van der Waals surface area contributed by atoms with E-state index in [9.17, 15) is 14.4 Å². The first-order chi connectivity index (χ1) is 15.7. The lowest BCUT2D eigenvalue weighted by molar-refractivity contribution is -0.132. The molecule has 0 spiro atoms. The Morgan fingerprint density at radius 3 is 2.06 bits per heavy atom. The quantitative estimate of drug-likeness (QED) is 0.322. The van der Waals surface area contributed by atoms with Gasteiger partial charge in [-0.05, 0) is 51.3 Å². The summed E-state index contributed by atoms with van der Waals surface area (Å²) in [6.07, 6.45) is 3.82. The number of nitrogens with two attached hydrogens (primary N) is 2. The molecular weight excluding hydrogens is 414 g/mol. The summed E-state index contributed by atoms with van der Waals surface area (Å²) in [5.74, 6) is -1.54. The summed E-state index contributed by atoms with van der Waals surface area (Å²) in [7, 11) is 1.89. The molecule has 0 unspecified atom stereocenters. The molecule has 0 aromatic heterocycles. The lowest BCUT2D eigenvalue weighted by Gasteiger charge is -2.22. The normalized spacial score (nSPS) is 14.4. The summed E-state index contributed by atoms with van der Waals surface area (Å²) in [5, 5.41) is 3.10. The van der Waals surface area contributed by atoms with Crippen LogP contribution in [0.15, 0.2) is 24.3 Å². The topological polar surface area (TPSA) is 115 Å². The smallest absolute Gasteiger partial charge is 0.221 e. The van der Waals surface area contributed by atoms with Crippen molar-refractivity contribution in [3.8, 4) is 0 Å². The fourth-order valence-electron chi connectivity index (χ4n) is 3.71. The Hall–Kier alpha value is -2.05. The van der Waals surface area contributed by atoms with Crippen molar-refractivity contribution in [1.82, 2.24) is 5.32 Å². The minimum atomic E-state index is -0.576. The largest absolute Gasteiger partial charge is 0.369 e. The second-order valence-electron chi connectivity index (χ2n) is 8.84. The predicted molar refractivity (Wildman–Crippen MR) is 137 cm³/mol. The van der Waals surface area contributed by atoms with E-state index in [4.69, 9.17) is 11.5 Å². The average Bonchev–Trinajstić information content (AvgIpc) is 2.81. The van der Waals surface area contributed by atoms with E-state index in [1.54, 1.807) is 0 Å². The zero-order valence-electron chi connectivity index (χ0n) is 21.7. The van der Waals surface area contributed by atoms with Crippen molar-refractivity contribution < 1.29 is 14.4 Å². The Morgan fingerprint density at radius 2 is 1.55 bits per heavy atom. The molecule has 1 aromatic carbocycles. The molecule has 0 aliphatic rings. The number of unbranched alkanes of at least 4 members (excludes halogenated alkanes) is 1. The molecule has 1 amide bonds. The van der Waals surface area contributed by atoms with Crippen LogP contribution in [0.4, 0.5) is 0 Å². The fraction of sp³-hybridized carbons (Fsp3) is 0.667. The van der Waals surface area contributed by atoms with Gasteiger partial charge >= 0.3 is 0 Å². The molecule has 33 heavy (non-hydrogen) atoms. The summed E-state index contributed by atoms with van der Waals surface area (Å²) in [4.78, 5) is 37.9. The van der Waals surface area contributed by atoms with Crippen molar-refractivity contribution in [2.24, 2.45) is 29.2 Å². The van der Waals surface area contributed by atoms with E-state index in [1.165, 1.54) is 0 Å². The first kappa shape index (κ1) is 30.9. The van der Waals surface area contributed by atoms with Crippen LogP contribution >= 0.6 is 0 Å². The first-order valence-corrected chi connectivity index (χ1v) is 12.5. The highest BCUT2D eigenvalue weighted by molar-refractivity contribution is 5.92. The molecule has 0 aliphatic heterocycles. The molecule has 6 heteroatoms. The van der Waals surface area contributed by atoms with Crippen molar-refractivity contribution in [2.75, 3.05) is 13.6 Å². The lowest BCUT2D eigenvalue weighted by atomic mass is 9.82. The van der Waals surface area contributed by atoms with Crippen molar-refractivity contribution in [3.05, 3.63) is 35.4 Å². The minimum absolute atomic E-state index is 0.0613. The van der Waals surface area contributed by atoms with Gasteiger partial charge in [-0.25, -0.2) is 0 Å². The molecule has 6 nitrogen and oxygen atoms in total. The number of hydrogen-bond donors (Lipinski definition) is 3. The molecule has 1 aromatic rings. The van der Waals surface area contributed by atoms with Crippen LogP contribution in [0.3, 0.4) is 0 Å². The van der Waals surface area contributed by atoms with Crippen LogP contribution in [0.2, 0.25) is 0 Å². The average molecular weight is 462 g/mol. The number of hydrogen-bond acceptors (Lipinski definition) is 5. The van der Waals surface area contributed by atoms with Gasteiger partial charge in [0.15, 0.2) is 5.78 Å². The number of amides is 1. The lowest BCUT2D eigenvalue weighted by Crippen LogP contribution is -2.39. The van der Waals surface area contributed by atoms with Gasteiger partial charge in [0, 0.05) is 24.7 Å². The van der Waals surface area contributed by atoms with E-state index in [0.29, 0.717) is 12.8 Å². The molecule has 0 fully saturated rings. The van der Waals surface area contributed by atoms with Gasteiger partial charge in [0.1, 0.15) is 5.78 Å². The number of carbonyl (C=O) groups is 3. The standard InChI is InChI=1S/C25H41N3O3.C2H6/c1-5-18(3)24(26)23(30)15-20(8-6-7-13-28-4)22(29)16-21(25(27)31)14-19-11-9-17(2)10-12-19;1-2/h9-12,18,20-21,24,28H,5-8,13-16,26H2,1-4H3,(H2,27,31);1-2H3/t18-,20+,21+,24-;/m0./s1. The van der Waals surface area contributed by atoms with Crippen LogP contribution in [0.1, 0.15) is 77.3 Å². The zero-order valence-corrected chi connectivity index (χ0v) is 21.7. The maximum absolute atomic E-state index is 13.1. The first-order valence-electron chi connectivity index (χ1n) is 12.5. The van der Waals surface area contributed by atoms with Gasteiger partial charge in [0.2, 0.25) is 5.91 Å². The molecule has 0 bridgehead atoms. The Balaban J connectivity index is 0.00000497. The van der Waals surface area contributed by atoms with E-state index in [-0.39, 0.29) is 30.3 Å². The van der Waals surface area contributed by atoms with Crippen molar-refractivity contribution >= 4 is 17.5 Å². The summed E-state index contributed by atoms with van der Waals surface area (Å²) in [6, 6.07) is 7.32. The second kappa shape index (κ2) is 17.4. The highest BCUT2D eigenvalue weighted by Gasteiger charge is 2.29. The monoisotopic (exact) mass is 461 g/mol. The number of ketones is 2. The zero-order chi connectivity index (χ0) is 25.4. The van der Waals surface area contributed by atoms with Crippen LogP contribution in [0.25, 0.3) is 0 Å². The number of primary amides is 1. The molecule has 0 saturated carbocycles. The second-order valence-corrected chi connectivity index (χ2v) is 8.84. The molecule has 0 aliphatic carbocycles. The Labute approximate surface area is 201 Å². The highest BCUT2D eigenvalue weighted by atomic mass is 16.1. The number of benzene rings is 1. The Bertz CT molecular complexity index is 703. The van der Waals surface area contributed by atoms with Crippen LogP contribution < -0.4 is 16.8 Å². The molecule has 4 atom stereocenters. The van der Waals surface area contributed by atoms with Crippen LogP contribution in [0.5, 0.6) is 0 Å². The maximum Gasteiger partial charge on any atom is 0.221 e. The van der Waals surface area contributed by atoms with Crippen LogP contribution in [-0.4, -0.2) is 37.1 Å². The summed E-state index contributed by atoms with van der Waals surface area (Å²) in [6.45, 7) is 10.8. The molecule has 0 heterocycles. The molecule has 0 saturated heterocycles. The number of Topliss-reactive ketones (excluding diaryl/α,β-unsaturated/α-hetero) is 2. The van der Waals surface area contributed by atoms with Gasteiger partial charge in [-0.15, -0.1) is 0 Å². The number of rotatable bonds is 16. The van der Waals surface area contributed by atoms with Gasteiger partial charge in [0.25, 0.3) is 0 Å². The maximum atomic E-state index is 13.1. The van der Waals surface area contributed by atoms with Gasteiger partial charge < -0.3 is 16.8 Å². The van der Waals surface area contributed by atoms with Crippen molar-refractivity contribution in [1.29, 1.82) is 0 Å². The molecular formula is C27H47N3O3. The third kappa shape index (κ3) is 12.1. The SMILES string of the molecule is CC.CC[C@H](C)[C@H](N)C(=O)C[C@@H](CCCCNC)C(=O)C[C@@H](Cc1ccc(C)cc1)C(N)=O. The van der Waals surface area contributed by atoms with Crippen molar-refractivity contribution in [2.45, 2.75) is 85.6 Å². The number of aryl methyl sites for hydroxylation is 1. The van der Waals surface area contributed by atoms with Gasteiger partial charge in [0.05, 0.1) is 6.04 Å². The summed E-state index contributed by atoms with van der Waals surface area (Å²) in [5.41, 5.74) is 13.8. The highest BCUT2D eigenvalue weighted by Crippen LogP contribution is 2.23. The van der Waals surface area contributed by atoms with E-state index in [1.807, 2.05) is 65.9 Å². The predicted octanol–water partition coefficient (Wildman–Crippen LogP) is 3.96. The number of nitrogens with one attached hydrogen (secondary N) is 1. The third-order valence-corrected chi connectivity index (χ3v) is 6.21. The molecule has 188 valence electrons. The van der Waals surface area contributed by atoms with E-state index >= 15 is 0 Å². The molecule has 1 rings (SSSR count). The number of carbonyl (C=O) groups excluding carboxylic acids is 3. The van der Waals surface area contributed by atoms with Crippen LogP contribution in [-0.2, 0) is 20.8 Å². The van der Waals surface area contributed by atoms with Gasteiger partial charge in [-0.3, -0.25) is 14.4 Å². The fourth-order valence-corrected chi connectivity index (χ4v) is 3.71. The van der Waals surface area contributed by atoms with Gasteiger partial charge in [-0.1, -0.05) is 70.4 Å². The summed E-state index contributed by atoms with van der Waals surface area (Å²) < 4.78 is 0. The van der Waals surface area contributed by atoms with Crippen molar-refractivity contribution in [3.63, 3.8) is 0 Å². The third-order valence-electron chi connectivity index (χ3n) is 6.21. The molecule has 5 N–H and O–H groups in total. The van der Waals surface area contributed by atoms with E-state index in [2.05, 4.69) is 5.32 Å². The Morgan fingerprint density at radius 1 is 0.970 bits per heavy atom. The van der Waals surface area contributed by atoms with E-state index in [0.717, 1.165) is 36.9 Å². The van der Waals surface area contributed by atoms with E-state index < -0.39 is 23.8 Å².